The van der Waals surface area contributed by atoms with Gasteiger partial charge in [-0.3, -0.25) is 4.79 Å². The molecule has 0 atom stereocenters. The maximum absolute atomic E-state index is 11.4. The van der Waals surface area contributed by atoms with Crippen molar-refractivity contribution in [2.75, 3.05) is 10.6 Å². The number of carbonyl (C=O) groups excluding carboxylic acids is 1. The largest absolute Gasteiger partial charge is 0.326 e. The molecule has 1 aromatic carbocycles. The third-order valence-electron chi connectivity index (χ3n) is 2.08. The van der Waals surface area contributed by atoms with E-state index in [0.29, 0.717) is 11.8 Å². The van der Waals surface area contributed by atoms with E-state index in [9.17, 15) is 4.79 Å². The first-order valence-corrected chi connectivity index (χ1v) is 6.58. The Bertz CT molecular complexity index is 354. The summed E-state index contributed by atoms with van der Waals surface area (Å²) >= 11 is 6.67. The summed E-state index contributed by atoms with van der Waals surface area (Å²) in [6, 6.07) is 3.99. The first kappa shape index (κ1) is 12.7. The number of halogens is 2. The standard InChI is InChI=1S/C11H13Br2NO/c1-7-5-9(13)6-8(2)11(7)14-10(15)3-4-12/h5-6H,3-4H2,1-2H3,(H,14,15). The summed E-state index contributed by atoms with van der Waals surface area (Å²) in [6.45, 7) is 3.98. The van der Waals surface area contributed by atoms with Crippen LogP contribution in [-0.4, -0.2) is 11.2 Å². The van der Waals surface area contributed by atoms with Gasteiger partial charge in [-0.05, 0) is 37.1 Å². The van der Waals surface area contributed by atoms with Crippen LogP contribution < -0.4 is 5.32 Å². The number of alkyl halides is 1. The first-order chi connectivity index (χ1) is 7.04. The maximum Gasteiger partial charge on any atom is 0.225 e. The van der Waals surface area contributed by atoms with Crippen molar-refractivity contribution in [1.82, 2.24) is 0 Å². The van der Waals surface area contributed by atoms with Gasteiger partial charge < -0.3 is 5.32 Å². The smallest absolute Gasteiger partial charge is 0.225 e. The SMILES string of the molecule is Cc1cc(Br)cc(C)c1NC(=O)CCBr. The number of hydrogen-bond acceptors (Lipinski definition) is 1. The molecule has 4 heteroatoms. The molecule has 0 aliphatic carbocycles. The maximum atomic E-state index is 11.4. The van der Waals surface area contributed by atoms with Gasteiger partial charge in [0.05, 0.1) is 0 Å². The van der Waals surface area contributed by atoms with E-state index in [0.717, 1.165) is 21.3 Å². The van der Waals surface area contributed by atoms with E-state index < -0.39 is 0 Å². The molecule has 0 heterocycles. The lowest BCUT2D eigenvalue weighted by Crippen LogP contribution is -2.13. The molecule has 0 aliphatic heterocycles. The molecule has 0 bridgehead atoms. The minimum atomic E-state index is 0.0420. The van der Waals surface area contributed by atoms with Crippen LogP contribution in [0.15, 0.2) is 16.6 Å². The highest BCUT2D eigenvalue weighted by molar-refractivity contribution is 9.10. The van der Waals surface area contributed by atoms with Crippen LogP contribution in [0.5, 0.6) is 0 Å². The third-order valence-corrected chi connectivity index (χ3v) is 2.94. The van der Waals surface area contributed by atoms with Crippen molar-refractivity contribution in [3.05, 3.63) is 27.7 Å². The van der Waals surface area contributed by atoms with Gasteiger partial charge in [-0.15, -0.1) is 0 Å². The van der Waals surface area contributed by atoms with E-state index in [-0.39, 0.29) is 5.91 Å². The van der Waals surface area contributed by atoms with Crippen molar-refractivity contribution in [3.8, 4) is 0 Å². The van der Waals surface area contributed by atoms with E-state index in [4.69, 9.17) is 0 Å². The van der Waals surface area contributed by atoms with Gasteiger partial charge in [0.2, 0.25) is 5.91 Å². The van der Waals surface area contributed by atoms with Gasteiger partial charge >= 0.3 is 0 Å². The van der Waals surface area contributed by atoms with Crippen molar-refractivity contribution in [1.29, 1.82) is 0 Å². The molecule has 0 aliphatic rings. The Morgan fingerprint density at radius 2 is 1.87 bits per heavy atom. The van der Waals surface area contributed by atoms with Crippen LogP contribution in [0.3, 0.4) is 0 Å². The number of benzene rings is 1. The third kappa shape index (κ3) is 3.61. The number of carbonyl (C=O) groups is 1. The summed E-state index contributed by atoms with van der Waals surface area (Å²) in [5.41, 5.74) is 3.07. The van der Waals surface area contributed by atoms with E-state index in [1.54, 1.807) is 0 Å². The monoisotopic (exact) mass is 333 g/mol. The fraction of sp³-hybridized carbons (Fsp3) is 0.364. The van der Waals surface area contributed by atoms with Crippen LogP contribution >= 0.6 is 31.9 Å². The van der Waals surface area contributed by atoms with Crippen molar-refractivity contribution >= 4 is 43.5 Å². The zero-order chi connectivity index (χ0) is 11.4. The Morgan fingerprint density at radius 1 is 1.33 bits per heavy atom. The summed E-state index contributed by atoms with van der Waals surface area (Å²) < 4.78 is 1.04. The Labute approximate surface area is 107 Å². The molecule has 1 aromatic rings. The van der Waals surface area contributed by atoms with Gasteiger partial charge in [0.15, 0.2) is 0 Å². The molecule has 0 saturated carbocycles. The molecule has 82 valence electrons. The van der Waals surface area contributed by atoms with Crippen molar-refractivity contribution in [2.45, 2.75) is 20.3 Å². The summed E-state index contributed by atoms with van der Waals surface area (Å²) in [7, 11) is 0. The molecule has 0 aromatic heterocycles. The van der Waals surface area contributed by atoms with E-state index in [1.807, 2.05) is 26.0 Å². The van der Waals surface area contributed by atoms with E-state index in [2.05, 4.69) is 37.2 Å². The number of aryl methyl sites for hydroxylation is 2. The van der Waals surface area contributed by atoms with Crippen molar-refractivity contribution in [3.63, 3.8) is 0 Å². The molecule has 0 unspecified atom stereocenters. The molecular formula is C11H13Br2NO. The Hall–Kier alpha value is -0.350. The topological polar surface area (TPSA) is 29.1 Å². The summed E-state index contributed by atoms with van der Waals surface area (Å²) in [5.74, 6) is 0.0420. The lowest BCUT2D eigenvalue weighted by molar-refractivity contribution is -0.115. The Morgan fingerprint density at radius 3 is 2.33 bits per heavy atom. The predicted octanol–water partition coefficient (Wildman–Crippen LogP) is 3.79. The molecule has 1 rings (SSSR count). The van der Waals surface area contributed by atoms with Crippen LogP contribution in [-0.2, 0) is 4.79 Å². The fourth-order valence-corrected chi connectivity index (χ4v) is 2.44. The quantitative estimate of drug-likeness (QED) is 0.837. The number of rotatable bonds is 3. The number of amides is 1. The van der Waals surface area contributed by atoms with E-state index >= 15 is 0 Å². The summed E-state index contributed by atoms with van der Waals surface area (Å²) in [4.78, 5) is 11.4. The molecule has 2 nitrogen and oxygen atoms in total. The summed E-state index contributed by atoms with van der Waals surface area (Å²) in [6.07, 6.45) is 0.495. The average molecular weight is 335 g/mol. The van der Waals surface area contributed by atoms with Crippen LogP contribution in [0.4, 0.5) is 5.69 Å². The molecule has 1 amide bonds. The number of nitrogens with one attached hydrogen (secondary N) is 1. The zero-order valence-electron chi connectivity index (χ0n) is 8.73. The molecular weight excluding hydrogens is 322 g/mol. The number of anilines is 1. The molecule has 15 heavy (non-hydrogen) atoms. The summed E-state index contributed by atoms with van der Waals surface area (Å²) in [5, 5.41) is 3.60. The van der Waals surface area contributed by atoms with Crippen LogP contribution in [0.2, 0.25) is 0 Å². The lowest BCUT2D eigenvalue weighted by Gasteiger charge is -2.11. The van der Waals surface area contributed by atoms with Gasteiger partial charge in [-0.25, -0.2) is 0 Å². The highest BCUT2D eigenvalue weighted by Gasteiger charge is 2.07. The Kier molecular flexibility index (Phi) is 4.80. The second kappa shape index (κ2) is 5.66. The van der Waals surface area contributed by atoms with Gasteiger partial charge in [-0.2, -0.15) is 0 Å². The minimum Gasteiger partial charge on any atom is -0.326 e. The molecule has 0 radical (unpaired) electrons. The zero-order valence-corrected chi connectivity index (χ0v) is 11.9. The van der Waals surface area contributed by atoms with Crippen molar-refractivity contribution < 1.29 is 4.79 Å². The van der Waals surface area contributed by atoms with Gasteiger partial charge in [0.25, 0.3) is 0 Å². The highest BCUT2D eigenvalue weighted by Crippen LogP contribution is 2.25. The van der Waals surface area contributed by atoms with Crippen LogP contribution in [0.1, 0.15) is 17.5 Å². The van der Waals surface area contributed by atoms with E-state index in [1.165, 1.54) is 0 Å². The first-order valence-electron chi connectivity index (χ1n) is 4.67. The minimum absolute atomic E-state index is 0.0420. The lowest BCUT2D eigenvalue weighted by atomic mass is 10.1. The van der Waals surface area contributed by atoms with Crippen molar-refractivity contribution in [2.24, 2.45) is 0 Å². The molecule has 0 spiro atoms. The van der Waals surface area contributed by atoms with Gasteiger partial charge in [0, 0.05) is 21.9 Å². The highest BCUT2D eigenvalue weighted by atomic mass is 79.9. The second-order valence-electron chi connectivity index (χ2n) is 3.40. The predicted molar refractivity (Wildman–Crippen MR) is 70.7 cm³/mol. The van der Waals surface area contributed by atoms with Gasteiger partial charge in [0.1, 0.15) is 0 Å². The normalized spacial score (nSPS) is 10.1. The van der Waals surface area contributed by atoms with Gasteiger partial charge in [-0.1, -0.05) is 31.9 Å². The molecule has 0 fully saturated rings. The van der Waals surface area contributed by atoms with Crippen LogP contribution in [0, 0.1) is 13.8 Å². The number of hydrogen-bond donors (Lipinski definition) is 1. The fourth-order valence-electron chi connectivity index (χ4n) is 1.40. The second-order valence-corrected chi connectivity index (χ2v) is 5.11. The average Bonchev–Trinajstić information content (AvgIpc) is 2.11. The van der Waals surface area contributed by atoms with Crippen LogP contribution in [0.25, 0.3) is 0 Å². The molecule has 0 saturated heterocycles. The molecule has 1 N–H and O–H groups in total. The Balaban J connectivity index is 2.90.